The van der Waals surface area contributed by atoms with Gasteiger partial charge in [-0.15, -0.1) is 0 Å². The lowest BCUT2D eigenvalue weighted by Crippen LogP contribution is -2.47. The number of hydrogen-bond acceptors (Lipinski definition) is 3. The first-order chi connectivity index (χ1) is 16.9. The van der Waals surface area contributed by atoms with Crippen LogP contribution in [0, 0.1) is 5.82 Å². The van der Waals surface area contributed by atoms with Crippen LogP contribution in [0.1, 0.15) is 41.9 Å². The molecule has 2 amide bonds. The first-order valence-electron chi connectivity index (χ1n) is 11.9. The number of benzene rings is 2. The molecule has 3 rings (SSSR count). The third-order valence-corrected chi connectivity index (χ3v) is 6.18. The van der Waals surface area contributed by atoms with Crippen molar-refractivity contribution in [2.75, 3.05) is 26.8 Å². The normalized spacial score (nSPS) is 11.8. The van der Waals surface area contributed by atoms with Crippen molar-refractivity contribution in [3.63, 3.8) is 0 Å². The van der Waals surface area contributed by atoms with Crippen LogP contribution in [0.2, 0.25) is 0 Å². The lowest BCUT2D eigenvalue weighted by atomic mass is 10.1. The molecule has 6 nitrogen and oxygen atoms in total. The molecular formula is C28H34FN3O3. The van der Waals surface area contributed by atoms with Crippen LogP contribution in [0.4, 0.5) is 4.39 Å². The van der Waals surface area contributed by atoms with Crippen LogP contribution in [0.3, 0.4) is 0 Å². The summed E-state index contributed by atoms with van der Waals surface area (Å²) in [6.07, 6.45) is 2.64. The largest absolute Gasteiger partial charge is 0.383 e. The quantitative estimate of drug-likeness (QED) is 0.382. The Morgan fingerprint density at radius 2 is 1.74 bits per heavy atom. The van der Waals surface area contributed by atoms with E-state index in [9.17, 15) is 14.0 Å². The van der Waals surface area contributed by atoms with Gasteiger partial charge in [0, 0.05) is 38.1 Å². The average Bonchev–Trinajstić information content (AvgIpc) is 3.31. The van der Waals surface area contributed by atoms with Crippen molar-refractivity contribution in [3.05, 3.63) is 95.6 Å². The third kappa shape index (κ3) is 7.02. The summed E-state index contributed by atoms with van der Waals surface area (Å²) in [5.41, 5.74) is 2.12. The molecule has 0 radical (unpaired) electrons. The van der Waals surface area contributed by atoms with Crippen molar-refractivity contribution in [1.29, 1.82) is 0 Å². The average molecular weight is 480 g/mol. The van der Waals surface area contributed by atoms with Gasteiger partial charge in [-0.2, -0.15) is 0 Å². The molecule has 1 atom stereocenters. The van der Waals surface area contributed by atoms with Crippen molar-refractivity contribution in [2.45, 2.75) is 39.4 Å². The number of amides is 2. The van der Waals surface area contributed by atoms with Gasteiger partial charge >= 0.3 is 0 Å². The molecule has 0 fully saturated rings. The first kappa shape index (κ1) is 26.2. The third-order valence-electron chi connectivity index (χ3n) is 6.18. The maximum absolute atomic E-state index is 14.3. The Labute approximate surface area is 206 Å². The topological polar surface area (TPSA) is 54.8 Å². The molecule has 3 aromatic rings. The first-order valence-corrected chi connectivity index (χ1v) is 11.9. The second-order valence-electron chi connectivity index (χ2n) is 8.59. The van der Waals surface area contributed by atoms with Crippen LogP contribution in [0.25, 0.3) is 0 Å². The SMILES string of the molecule is CCC(C)N(CC(=O)N(CCOC)Cc1cccn1Cc1ccccc1)C(=O)c1ccccc1F. The maximum atomic E-state index is 14.3. The zero-order valence-corrected chi connectivity index (χ0v) is 20.7. The van der Waals surface area contributed by atoms with Gasteiger partial charge in [-0.1, -0.05) is 49.4 Å². The molecule has 7 heteroatoms. The van der Waals surface area contributed by atoms with E-state index in [0.717, 1.165) is 11.3 Å². The highest BCUT2D eigenvalue weighted by Gasteiger charge is 2.27. The van der Waals surface area contributed by atoms with Crippen molar-refractivity contribution in [2.24, 2.45) is 0 Å². The number of rotatable bonds is 12. The fraction of sp³-hybridized carbons (Fsp3) is 0.357. The molecule has 0 bridgehead atoms. The van der Waals surface area contributed by atoms with Gasteiger partial charge in [0.05, 0.1) is 18.7 Å². The number of ether oxygens (including phenoxy) is 1. The zero-order valence-electron chi connectivity index (χ0n) is 20.7. The van der Waals surface area contributed by atoms with Gasteiger partial charge in [0.1, 0.15) is 12.4 Å². The molecule has 0 aliphatic rings. The fourth-order valence-corrected chi connectivity index (χ4v) is 3.90. The van der Waals surface area contributed by atoms with Gasteiger partial charge < -0.3 is 19.1 Å². The van der Waals surface area contributed by atoms with E-state index in [2.05, 4.69) is 16.7 Å². The molecule has 0 saturated heterocycles. The monoisotopic (exact) mass is 479 g/mol. The molecule has 0 saturated carbocycles. The Morgan fingerprint density at radius 1 is 1.03 bits per heavy atom. The van der Waals surface area contributed by atoms with Gasteiger partial charge in [-0.25, -0.2) is 4.39 Å². The summed E-state index contributed by atoms with van der Waals surface area (Å²) in [4.78, 5) is 29.8. The number of halogens is 1. The second-order valence-corrected chi connectivity index (χ2v) is 8.59. The summed E-state index contributed by atoms with van der Waals surface area (Å²) < 4.78 is 21.7. The predicted octanol–water partition coefficient (Wildman–Crippen LogP) is 4.59. The number of carbonyl (C=O) groups is 2. The van der Waals surface area contributed by atoms with Crippen LogP contribution < -0.4 is 0 Å². The molecule has 186 valence electrons. The van der Waals surface area contributed by atoms with E-state index >= 15 is 0 Å². The predicted molar refractivity (Wildman–Crippen MR) is 134 cm³/mol. The van der Waals surface area contributed by atoms with Gasteiger partial charge in [0.2, 0.25) is 5.91 Å². The lowest BCUT2D eigenvalue weighted by molar-refractivity contribution is -0.133. The fourth-order valence-electron chi connectivity index (χ4n) is 3.90. The Hall–Kier alpha value is -3.45. The Morgan fingerprint density at radius 3 is 2.43 bits per heavy atom. The number of methoxy groups -OCH3 is 1. The zero-order chi connectivity index (χ0) is 25.2. The molecule has 0 aliphatic heterocycles. The molecule has 0 spiro atoms. The summed E-state index contributed by atoms with van der Waals surface area (Å²) in [5, 5.41) is 0. The van der Waals surface area contributed by atoms with Crippen LogP contribution in [0.15, 0.2) is 72.9 Å². The smallest absolute Gasteiger partial charge is 0.257 e. The Balaban J connectivity index is 1.79. The van der Waals surface area contributed by atoms with Gasteiger partial charge in [-0.3, -0.25) is 9.59 Å². The summed E-state index contributed by atoms with van der Waals surface area (Å²) >= 11 is 0. The van der Waals surface area contributed by atoms with E-state index in [-0.39, 0.29) is 24.1 Å². The molecule has 35 heavy (non-hydrogen) atoms. The van der Waals surface area contributed by atoms with Crippen molar-refractivity contribution < 1.29 is 18.7 Å². The van der Waals surface area contributed by atoms with E-state index in [1.165, 1.54) is 17.0 Å². The number of carbonyl (C=O) groups excluding carboxylic acids is 2. The summed E-state index contributed by atoms with van der Waals surface area (Å²) in [6, 6.07) is 19.7. The molecule has 2 aromatic carbocycles. The van der Waals surface area contributed by atoms with Gasteiger partial charge in [0.25, 0.3) is 5.91 Å². The Bertz CT molecular complexity index is 1100. The maximum Gasteiger partial charge on any atom is 0.257 e. The summed E-state index contributed by atoms with van der Waals surface area (Å²) in [7, 11) is 1.59. The molecular weight excluding hydrogens is 445 g/mol. The van der Waals surface area contributed by atoms with Gasteiger partial charge in [-0.05, 0) is 43.2 Å². The van der Waals surface area contributed by atoms with Crippen LogP contribution in [-0.2, 0) is 22.6 Å². The van der Waals surface area contributed by atoms with Gasteiger partial charge in [0.15, 0.2) is 0 Å². The van der Waals surface area contributed by atoms with Crippen LogP contribution in [0.5, 0.6) is 0 Å². The Kier molecular flexibility index (Phi) is 9.61. The summed E-state index contributed by atoms with van der Waals surface area (Å²) in [5.74, 6) is -1.28. The van der Waals surface area contributed by atoms with Crippen molar-refractivity contribution in [3.8, 4) is 0 Å². The molecule has 0 aliphatic carbocycles. The van der Waals surface area contributed by atoms with Crippen molar-refractivity contribution >= 4 is 11.8 Å². The molecule has 1 heterocycles. The van der Waals surface area contributed by atoms with E-state index in [0.29, 0.717) is 32.7 Å². The number of hydrogen-bond donors (Lipinski definition) is 0. The highest BCUT2D eigenvalue weighted by molar-refractivity contribution is 5.97. The minimum atomic E-state index is -0.590. The highest BCUT2D eigenvalue weighted by Crippen LogP contribution is 2.16. The van der Waals surface area contributed by atoms with E-state index < -0.39 is 11.7 Å². The van der Waals surface area contributed by atoms with E-state index in [1.54, 1.807) is 24.1 Å². The second kappa shape index (κ2) is 12.9. The minimum Gasteiger partial charge on any atom is -0.383 e. The molecule has 1 unspecified atom stereocenters. The summed E-state index contributed by atoms with van der Waals surface area (Å²) in [6.45, 7) is 5.51. The minimum absolute atomic E-state index is 0.0271. The number of nitrogens with zero attached hydrogens (tertiary/aromatic N) is 3. The highest BCUT2D eigenvalue weighted by atomic mass is 19.1. The molecule has 0 N–H and O–H groups in total. The lowest BCUT2D eigenvalue weighted by Gasteiger charge is -2.31. The van der Waals surface area contributed by atoms with Crippen LogP contribution in [-0.4, -0.2) is 59.0 Å². The standard InChI is InChI=1S/C28H34FN3O3/c1-4-22(2)32(28(34)25-14-8-9-15-26(25)29)21-27(33)31(17-18-35-3)20-24-13-10-16-30(24)19-23-11-6-5-7-12-23/h5-16,22H,4,17-21H2,1-3H3. The van der Waals surface area contributed by atoms with Crippen molar-refractivity contribution in [1.82, 2.24) is 14.4 Å². The van der Waals surface area contributed by atoms with E-state index in [4.69, 9.17) is 4.74 Å². The number of aromatic nitrogens is 1. The van der Waals surface area contributed by atoms with Crippen LogP contribution >= 0.6 is 0 Å². The van der Waals surface area contributed by atoms with E-state index in [1.807, 2.05) is 50.4 Å². The molecule has 1 aromatic heterocycles.